The standard InChI is InChI=1S/C32H42N4O/c1-3-4-18-37-27-12-11-24-19-26(10-9-25(24)20-27)29-7-5-6-22(2)28(13-8-23-14-16-34-17-15-23)31-30(29)32(33)36-21-35-31/h7,9-12,19-23,28,34H,3-6,8,13-18H2,1-2H3,(H2,33,35,36). The van der Waals surface area contributed by atoms with E-state index in [1.165, 1.54) is 47.6 Å². The van der Waals surface area contributed by atoms with Crippen LogP contribution in [0.3, 0.4) is 0 Å². The van der Waals surface area contributed by atoms with Crippen LogP contribution < -0.4 is 15.8 Å². The Bertz CT molecular complexity index is 1230. The van der Waals surface area contributed by atoms with Crippen LogP contribution in [-0.2, 0) is 0 Å². The number of allylic oxidation sites excluding steroid dienone is 1. The number of unbranched alkanes of at least 4 members (excludes halogenated alkanes) is 1. The van der Waals surface area contributed by atoms with Crippen LogP contribution in [0.2, 0.25) is 0 Å². The van der Waals surface area contributed by atoms with Gasteiger partial charge in [-0.25, -0.2) is 9.97 Å². The zero-order valence-electron chi connectivity index (χ0n) is 22.5. The Kier molecular flexibility index (Phi) is 8.40. The third-order valence-electron chi connectivity index (χ3n) is 8.42. The lowest BCUT2D eigenvalue weighted by molar-refractivity contribution is 0.309. The molecule has 3 aromatic rings. The molecule has 0 spiro atoms. The molecule has 2 heterocycles. The number of nitrogens with two attached hydrogens (primary N) is 1. The zero-order valence-corrected chi connectivity index (χ0v) is 22.5. The minimum Gasteiger partial charge on any atom is -0.494 e. The average molecular weight is 499 g/mol. The van der Waals surface area contributed by atoms with Crippen molar-refractivity contribution in [3.8, 4) is 5.75 Å². The molecule has 196 valence electrons. The molecule has 37 heavy (non-hydrogen) atoms. The van der Waals surface area contributed by atoms with E-state index in [1.807, 2.05) is 0 Å². The quantitative estimate of drug-likeness (QED) is 0.324. The van der Waals surface area contributed by atoms with Gasteiger partial charge in [0.1, 0.15) is 17.9 Å². The van der Waals surface area contributed by atoms with Crippen molar-refractivity contribution in [2.24, 2.45) is 11.8 Å². The van der Waals surface area contributed by atoms with Crippen molar-refractivity contribution in [2.75, 3.05) is 25.4 Å². The summed E-state index contributed by atoms with van der Waals surface area (Å²) in [7, 11) is 0. The summed E-state index contributed by atoms with van der Waals surface area (Å²) in [4.78, 5) is 9.36. The Hall–Kier alpha value is -2.92. The summed E-state index contributed by atoms with van der Waals surface area (Å²) < 4.78 is 5.93. The predicted octanol–water partition coefficient (Wildman–Crippen LogP) is 7.12. The molecule has 1 aromatic heterocycles. The number of nitrogens with zero attached hydrogens (tertiary/aromatic N) is 2. The lowest BCUT2D eigenvalue weighted by atomic mass is 9.76. The summed E-state index contributed by atoms with van der Waals surface area (Å²) in [6.45, 7) is 7.64. The average Bonchev–Trinajstić information content (AvgIpc) is 2.91. The number of fused-ring (bicyclic) bond motifs is 2. The summed E-state index contributed by atoms with van der Waals surface area (Å²) >= 11 is 0. The maximum Gasteiger partial charge on any atom is 0.134 e. The lowest BCUT2D eigenvalue weighted by Gasteiger charge is -2.31. The van der Waals surface area contributed by atoms with E-state index in [0.717, 1.165) is 68.3 Å². The lowest BCUT2D eigenvalue weighted by Crippen LogP contribution is -2.28. The van der Waals surface area contributed by atoms with Crippen molar-refractivity contribution in [2.45, 2.75) is 71.1 Å². The number of anilines is 1. The number of nitrogen functional groups attached to an aromatic ring is 1. The van der Waals surface area contributed by atoms with Gasteiger partial charge in [0.05, 0.1) is 12.3 Å². The van der Waals surface area contributed by atoms with Gasteiger partial charge in [-0.05, 0) is 110 Å². The molecule has 1 aliphatic carbocycles. The van der Waals surface area contributed by atoms with Crippen molar-refractivity contribution in [3.63, 3.8) is 0 Å². The molecule has 3 N–H and O–H groups in total. The summed E-state index contributed by atoms with van der Waals surface area (Å²) in [5.41, 5.74) is 11.2. The van der Waals surface area contributed by atoms with E-state index in [2.05, 4.69) is 66.6 Å². The van der Waals surface area contributed by atoms with E-state index in [9.17, 15) is 0 Å². The van der Waals surface area contributed by atoms with Gasteiger partial charge in [-0.1, -0.05) is 44.5 Å². The molecule has 5 heteroatoms. The van der Waals surface area contributed by atoms with Gasteiger partial charge in [-0.2, -0.15) is 0 Å². The second kappa shape index (κ2) is 12.1. The van der Waals surface area contributed by atoms with Crippen LogP contribution in [0.4, 0.5) is 5.82 Å². The first-order valence-corrected chi connectivity index (χ1v) is 14.3. The van der Waals surface area contributed by atoms with Crippen molar-refractivity contribution >= 4 is 22.2 Å². The summed E-state index contributed by atoms with van der Waals surface area (Å²) in [5, 5.41) is 5.90. The third kappa shape index (κ3) is 5.98. The Balaban J connectivity index is 1.46. The van der Waals surface area contributed by atoms with Gasteiger partial charge in [-0.3, -0.25) is 0 Å². The van der Waals surface area contributed by atoms with E-state index < -0.39 is 0 Å². The van der Waals surface area contributed by atoms with Gasteiger partial charge in [0.15, 0.2) is 0 Å². The van der Waals surface area contributed by atoms with Gasteiger partial charge < -0.3 is 15.8 Å². The largest absolute Gasteiger partial charge is 0.494 e. The molecule has 2 atom stereocenters. The molecule has 0 amide bonds. The maximum atomic E-state index is 6.61. The molecule has 2 aromatic carbocycles. The molecule has 0 bridgehead atoms. The van der Waals surface area contributed by atoms with Crippen molar-refractivity contribution in [1.29, 1.82) is 0 Å². The Morgan fingerprint density at radius 1 is 1.00 bits per heavy atom. The fourth-order valence-electron chi connectivity index (χ4n) is 6.12. The minimum atomic E-state index is 0.405. The normalized spacial score (nSPS) is 20.6. The van der Waals surface area contributed by atoms with Crippen molar-refractivity contribution in [1.82, 2.24) is 15.3 Å². The van der Waals surface area contributed by atoms with Crippen LogP contribution in [0.15, 0.2) is 48.8 Å². The molecular weight excluding hydrogens is 456 g/mol. The van der Waals surface area contributed by atoms with Gasteiger partial charge >= 0.3 is 0 Å². The molecule has 1 fully saturated rings. The predicted molar refractivity (Wildman–Crippen MR) is 154 cm³/mol. The fourth-order valence-corrected chi connectivity index (χ4v) is 6.12. The Morgan fingerprint density at radius 2 is 1.81 bits per heavy atom. The van der Waals surface area contributed by atoms with Gasteiger partial charge in [-0.15, -0.1) is 0 Å². The minimum absolute atomic E-state index is 0.405. The van der Waals surface area contributed by atoms with E-state index in [1.54, 1.807) is 6.33 Å². The van der Waals surface area contributed by atoms with Crippen LogP contribution in [-0.4, -0.2) is 29.7 Å². The molecule has 0 radical (unpaired) electrons. The third-order valence-corrected chi connectivity index (χ3v) is 8.42. The number of rotatable bonds is 8. The van der Waals surface area contributed by atoms with E-state index in [-0.39, 0.29) is 0 Å². The molecule has 1 aliphatic heterocycles. The number of nitrogens with one attached hydrogen (secondary N) is 1. The van der Waals surface area contributed by atoms with Crippen LogP contribution in [0, 0.1) is 11.8 Å². The maximum absolute atomic E-state index is 6.61. The second-order valence-electron chi connectivity index (χ2n) is 11.0. The number of hydrogen-bond donors (Lipinski definition) is 2. The highest BCUT2D eigenvalue weighted by molar-refractivity contribution is 5.92. The van der Waals surface area contributed by atoms with E-state index in [4.69, 9.17) is 15.5 Å². The van der Waals surface area contributed by atoms with Crippen LogP contribution in [0.25, 0.3) is 16.3 Å². The summed E-state index contributed by atoms with van der Waals surface area (Å²) in [6.07, 6.45) is 13.4. The van der Waals surface area contributed by atoms with Crippen LogP contribution in [0.1, 0.15) is 88.0 Å². The highest BCUT2D eigenvalue weighted by atomic mass is 16.5. The highest BCUT2D eigenvalue weighted by Crippen LogP contribution is 2.42. The molecule has 1 saturated heterocycles. The smallest absolute Gasteiger partial charge is 0.134 e. The number of piperidine rings is 1. The first-order chi connectivity index (χ1) is 18.1. The molecular formula is C32H42N4O. The Labute approximate surface area is 221 Å². The fraction of sp³-hybridized carbons (Fsp3) is 0.500. The molecule has 0 saturated carbocycles. The molecule has 5 rings (SSSR count). The number of hydrogen-bond acceptors (Lipinski definition) is 5. The van der Waals surface area contributed by atoms with Crippen molar-refractivity contribution < 1.29 is 4.74 Å². The van der Waals surface area contributed by atoms with Gasteiger partial charge in [0.2, 0.25) is 0 Å². The zero-order chi connectivity index (χ0) is 25.6. The van der Waals surface area contributed by atoms with Crippen LogP contribution in [0.5, 0.6) is 5.75 Å². The summed E-state index contributed by atoms with van der Waals surface area (Å²) in [5.74, 6) is 3.31. The van der Waals surface area contributed by atoms with E-state index in [0.29, 0.717) is 17.7 Å². The van der Waals surface area contributed by atoms with Gasteiger partial charge in [0.25, 0.3) is 0 Å². The van der Waals surface area contributed by atoms with Crippen LogP contribution >= 0.6 is 0 Å². The molecule has 5 nitrogen and oxygen atoms in total. The molecule has 2 aliphatic rings. The SMILES string of the molecule is CCCCOc1ccc2cc(C3=CCCC(C)C(CCC4CCNCC4)c4ncnc(N)c43)ccc2c1. The number of ether oxygens (including phenoxy) is 1. The summed E-state index contributed by atoms with van der Waals surface area (Å²) in [6, 6.07) is 13.1. The van der Waals surface area contributed by atoms with E-state index >= 15 is 0 Å². The first-order valence-electron chi connectivity index (χ1n) is 14.3. The highest BCUT2D eigenvalue weighted by Gasteiger charge is 2.29. The second-order valence-corrected chi connectivity index (χ2v) is 11.0. The van der Waals surface area contributed by atoms with Crippen molar-refractivity contribution in [3.05, 3.63) is 65.6 Å². The van der Waals surface area contributed by atoms with Gasteiger partial charge in [0, 0.05) is 11.5 Å². The number of benzene rings is 2. The Morgan fingerprint density at radius 3 is 2.65 bits per heavy atom. The number of aromatic nitrogens is 2. The topological polar surface area (TPSA) is 73.1 Å². The molecule has 2 unspecified atom stereocenters. The first kappa shape index (κ1) is 25.7. The monoisotopic (exact) mass is 498 g/mol.